The van der Waals surface area contributed by atoms with Gasteiger partial charge in [-0.25, -0.2) is 9.97 Å². The number of amides is 1. The molecule has 2 aliphatic heterocycles. The van der Waals surface area contributed by atoms with E-state index in [9.17, 15) is 4.79 Å². The summed E-state index contributed by atoms with van der Waals surface area (Å²) in [5.41, 5.74) is 1.97. The van der Waals surface area contributed by atoms with Crippen LogP contribution in [0.1, 0.15) is 49.2 Å². The maximum atomic E-state index is 11.9. The SMILES string of the molecule is Cc1cc(N2CC(n3cc(N4CCCC4=O)cn3)C2)nc(C2CC2)n1. The lowest BCUT2D eigenvalue weighted by Gasteiger charge is -2.40. The van der Waals surface area contributed by atoms with Crippen LogP contribution in [0.5, 0.6) is 0 Å². The van der Waals surface area contributed by atoms with Crippen molar-refractivity contribution < 1.29 is 4.79 Å². The number of aryl methyl sites for hydroxylation is 1. The van der Waals surface area contributed by atoms with E-state index in [0.29, 0.717) is 18.4 Å². The number of carbonyl (C=O) groups excluding carboxylic acids is 1. The number of carbonyl (C=O) groups is 1. The van der Waals surface area contributed by atoms with Gasteiger partial charge in [0.2, 0.25) is 5.91 Å². The van der Waals surface area contributed by atoms with E-state index in [1.165, 1.54) is 12.8 Å². The van der Waals surface area contributed by atoms with E-state index in [0.717, 1.165) is 49.1 Å². The summed E-state index contributed by atoms with van der Waals surface area (Å²) in [6.07, 6.45) is 7.85. The monoisotopic (exact) mass is 338 g/mol. The molecule has 0 unspecified atom stereocenters. The van der Waals surface area contributed by atoms with E-state index in [4.69, 9.17) is 4.98 Å². The normalized spacial score (nSPS) is 21.1. The summed E-state index contributed by atoms with van der Waals surface area (Å²) >= 11 is 0. The van der Waals surface area contributed by atoms with Crippen LogP contribution in [0.15, 0.2) is 18.5 Å². The highest BCUT2D eigenvalue weighted by atomic mass is 16.2. The van der Waals surface area contributed by atoms with Crippen LogP contribution in [-0.2, 0) is 4.79 Å². The summed E-state index contributed by atoms with van der Waals surface area (Å²) in [5, 5.41) is 4.48. The van der Waals surface area contributed by atoms with Gasteiger partial charge in [-0.3, -0.25) is 9.48 Å². The topological polar surface area (TPSA) is 67.2 Å². The van der Waals surface area contributed by atoms with Crippen molar-refractivity contribution in [1.82, 2.24) is 19.7 Å². The molecular weight excluding hydrogens is 316 g/mol. The summed E-state index contributed by atoms with van der Waals surface area (Å²) in [4.78, 5) is 25.3. The van der Waals surface area contributed by atoms with Crippen LogP contribution in [-0.4, -0.2) is 45.3 Å². The lowest BCUT2D eigenvalue weighted by Crippen LogP contribution is -2.48. The molecule has 5 rings (SSSR count). The first-order valence-corrected chi connectivity index (χ1v) is 9.12. The second-order valence-corrected chi connectivity index (χ2v) is 7.39. The van der Waals surface area contributed by atoms with E-state index in [1.807, 2.05) is 28.9 Å². The predicted molar refractivity (Wildman–Crippen MR) is 93.8 cm³/mol. The van der Waals surface area contributed by atoms with Crippen LogP contribution in [0.25, 0.3) is 0 Å². The molecule has 7 nitrogen and oxygen atoms in total. The summed E-state index contributed by atoms with van der Waals surface area (Å²) in [5.74, 6) is 2.82. The van der Waals surface area contributed by atoms with E-state index >= 15 is 0 Å². The van der Waals surface area contributed by atoms with Crippen molar-refractivity contribution in [2.75, 3.05) is 29.4 Å². The molecule has 0 atom stereocenters. The molecule has 0 spiro atoms. The van der Waals surface area contributed by atoms with Gasteiger partial charge in [0, 0.05) is 49.9 Å². The number of aromatic nitrogens is 4. The standard InChI is InChI=1S/C18H22N6O/c1-12-7-16(21-18(20-12)13-4-5-13)22-9-15(10-22)24-11-14(8-19-24)23-6-2-3-17(23)25/h7-8,11,13,15H,2-6,9-10H2,1H3. The molecule has 1 aliphatic carbocycles. The molecule has 2 aromatic rings. The van der Waals surface area contributed by atoms with Crippen molar-refractivity contribution in [2.24, 2.45) is 0 Å². The molecule has 1 amide bonds. The van der Waals surface area contributed by atoms with E-state index in [2.05, 4.69) is 21.0 Å². The van der Waals surface area contributed by atoms with Crippen molar-refractivity contribution in [2.45, 2.75) is 44.6 Å². The van der Waals surface area contributed by atoms with Crippen LogP contribution in [0.4, 0.5) is 11.5 Å². The molecule has 2 aromatic heterocycles. The molecule has 7 heteroatoms. The van der Waals surface area contributed by atoms with E-state index in [1.54, 1.807) is 0 Å². The maximum Gasteiger partial charge on any atom is 0.227 e. The summed E-state index contributed by atoms with van der Waals surface area (Å²) in [7, 11) is 0. The van der Waals surface area contributed by atoms with Crippen LogP contribution >= 0.6 is 0 Å². The van der Waals surface area contributed by atoms with Crippen molar-refractivity contribution in [3.63, 3.8) is 0 Å². The van der Waals surface area contributed by atoms with Crippen molar-refractivity contribution in [3.05, 3.63) is 30.0 Å². The molecule has 0 bridgehead atoms. The van der Waals surface area contributed by atoms with Gasteiger partial charge in [0.25, 0.3) is 0 Å². The number of hydrogen-bond donors (Lipinski definition) is 0. The van der Waals surface area contributed by atoms with Gasteiger partial charge >= 0.3 is 0 Å². The van der Waals surface area contributed by atoms with Gasteiger partial charge in [-0.15, -0.1) is 0 Å². The molecule has 25 heavy (non-hydrogen) atoms. The minimum Gasteiger partial charge on any atom is -0.352 e. The summed E-state index contributed by atoms with van der Waals surface area (Å²) in [6, 6.07) is 2.41. The van der Waals surface area contributed by atoms with Gasteiger partial charge in [-0.2, -0.15) is 5.10 Å². The predicted octanol–water partition coefficient (Wildman–Crippen LogP) is 2.05. The lowest BCUT2D eigenvalue weighted by molar-refractivity contribution is -0.117. The number of nitrogens with zero attached hydrogens (tertiary/aromatic N) is 6. The first kappa shape index (κ1) is 14.9. The van der Waals surface area contributed by atoms with Gasteiger partial charge < -0.3 is 9.80 Å². The molecule has 3 fully saturated rings. The van der Waals surface area contributed by atoms with Gasteiger partial charge in [-0.05, 0) is 26.2 Å². The minimum atomic E-state index is 0.207. The Balaban J connectivity index is 1.27. The molecule has 2 saturated heterocycles. The summed E-state index contributed by atoms with van der Waals surface area (Å²) in [6.45, 7) is 4.65. The average molecular weight is 338 g/mol. The highest BCUT2D eigenvalue weighted by Crippen LogP contribution is 2.39. The van der Waals surface area contributed by atoms with Crippen molar-refractivity contribution in [1.29, 1.82) is 0 Å². The Labute approximate surface area is 146 Å². The largest absolute Gasteiger partial charge is 0.352 e. The second kappa shape index (κ2) is 5.54. The Hall–Kier alpha value is -2.44. The van der Waals surface area contributed by atoms with Crippen molar-refractivity contribution in [3.8, 4) is 0 Å². The molecule has 0 aromatic carbocycles. The third-order valence-corrected chi connectivity index (χ3v) is 5.33. The van der Waals surface area contributed by atoms with Gasteiger partial charge in [0.05, 0.1) is 17.9 Å². The Morgan fingerprint density at radius 3 is 2.76 bits per heavy atom. The fourth-order valence-corrected chi connectivity index (χ4v) is 3.66. The molecule has 3 aliphatic rings. The number of rotatable bonds is 4. The van der Waals surface area contributed by atoms with E-state index < -0.39 is 0 Å². The van der Waals surface area contributed by atoms with Gasteiger partial charge in [0.1, 0.15) is 11.6 Å². The summed E-state index contributed by atoms with van der Waals surface area (Å²) < 4.78 is 1.99. The Morgan fingerprint density at radius 1 is 1.20 bits per heavy atom. The minimum absolute atomic E-state index is 0.207. The zero-order valence-corrected chi connectivity index (χ0v) is 14.4. The third-order valence-electron chi connectivity index (χ3n) is 5.33. The van der Waals surface area contributed by atoms with Crippen molar-refractivity contribution >= 4 is 17.4 Å². The molecule has 1 saturated carbocycles. The molecule has 0 radical (unpaired) electrons. The van der Waals surface area contributed by atoms with Crippen LogP contribution in [0, 0.1) is 6.92 Å². The van der Waals surface area contributed by atoms with E-state index in [-0.39, 0.29) is 5.91 Å². The second-order valence-electron chi connectivity index (χ2n) is 7.39. The Bertz CT molecular complexity index is 821. The van der Waals surface area contributed by atoms with Gasteiger partial charge in [0.15, 0.2) is 0 Å². The zero-order valence-electron chi connectivity index (χ0n) is 14.4. The quantitative estimate of drug-likeness (QED) is 0.853. The fourth-order valence-electron chi connectivity index (χ4n) is 3.66. The highest BCUT2D eigenvalue weighted by molar-refractivity contribution is 5.95. The average Bonchev–Trinajstić information content (AvgIpc) is 3.15. The number of hydrogen-bond acceptors (Lipinski definition) is 5. The maximum absolute atomic E-state index is 11.9. The highest BCUT2D eigenvalue weighted by Gasteiger charge is 2.33. The number of anilines is 2. The zero-order chi connectivity index (χ0) is 17.0. The van der Waals surface area contributed by atoms with Gasteiger partial charge in [-0.1, -0.05) is 0 Å². The smallest absolute Gasteiger partial charge is 0.227 e. The van der Waals surface area contributed by atoms with Crippen LogP contribution in [0.3, 0.4) is 0 Å². The first-order valence-electron chi connectivity index (χ1n) is 9.12. The van der Waals surface area contributed by atoms with Crippen LogP contribution < -0.4 is 9.80 Å². The van der Waals surface area contributed by atoms with Crippen LogP contribution in [0.2, 0.25) is 0 Å². The Kier molecular flexibility index (Phi) is 3.29. The Morgan fingerprint density at radius 2 is 2.04 bits per heavy atom. The fraction of sp³-hybridized carbons (Fsp3) is 0.556. The molecular formula is C18H22N6O. The lowest BCUT2D eigenvalue weighted by atomic mass is 10.1. The molecule has 130 valence electrons. The molecule has 0 N–H and O–H groups in total. The molecule has 4 heterocycles. The third kappa shape index (κ3) is 2.67. The first-order chi connectivity index (χ1) is 12.2.